The second-order valence-electron chi connectivity index (χ2n) is 4.09. The number of nitrogens with two attached hydrogens (primary N) is 1. The maximum atomic E-state index is 11.8. The molecule has 0 saturated carbocycles. The highest BCUT2D eigenvalue weighted by Crippen LogP contribution is 2.10. The summed E-state index contributed by atoms with van der Waals surface area (Å²) in [6.07, 6.45) is 1.86. The molecule has 0 aliphatic rings. The SMILES string of the molecule is CCCC(C)C(=O)Nc1cccc(C#CCN)n1. The first-order chi connectivity index (χ1) is 8.67. The van der Waals surface area contributed by atoms with Crippen molar-refractivity contribution in [2.75, 3.05) is 11.9 Å². The average molecular weight is 245 g/mol. The summed E-state index contributed by atoms with van der Waals surface area (Å²) in [6, 6.07) is 5.35. The first-order valence-electron chi connectivity index (χ1n) is 6.14. The van der Waals surface area contributed by atoms with Crippen LogP contribution >= 0.6 is 0 Å². The first-order valence-corrected chi connectivity index (χ1v) is 6.14. The monoisotopic (exact) mass is 245 g/mol. The molecule has 4 heteroatoms. The van der Waals surface area contributed by atoms with Crippen LogP contribution in [-0.4, -0.2) is 17.4 Å². The smallest absolute Gasteiger partial charge is 0.228 e. The largest absolute Gasteiger partial charge is 0.320 e. The number of hydrogen-bond acceptors (Lipinski definition) is 3. The molecule has 1 aromatic heterocycles. The topological polar surface area (TPSA) is 68.0 Å². The van der Waals surface area contributed by atoms with Crippen molar-refractivity contribution in [1.82, 2.24) is 4.98 Å². The Balaban J connectivity index is 2.70. The van der Waals surface area contributed by atoms with E-state index in [1.54, 1.807) is 12.1 Å². The molecule has 0 aliphatic carbocycles. The Labute approximate surface area is 108 Å². The molecule has 0 aliphatic heterocycles. The second-order valence-corrected chi connectivity index (χ2v) is 4.09. The molecule has 96 valence electrons. The molecule has 18 heavy (non-hydrogen) atoms. The predicted molar refractivity (Wildman–Crippen MR) is 72.9 cm³/mol. The van der Waals surface area contributed by atoms with Crippen molar-refractivity contribution in [2.24, 2.45) is 11.7 Å². The van der Waals surface area contributed by atoms with E-state index in [-0.39, 0.29) is 11.8 Å². The van der Waals surface area contributed by atoms with Crippen LogP contribution in [0.3, 0.4) is 0 Å². The molecule has 0 fully saturated rings. The van der Waals surface area contributed by atoms with Gasteiger partial charge in [-0.25, -0.2) is 4.98 Å². The molecular weight excluding hydrogens is 226 g/mol. The van der Waals surface area contributed by atoms with Crippen LogP contribution in [0.5, 0.6) is 0 Å². The molecular formula is C14H19N3O. The lowest BCUT2D eigenvalue weighted by molar-refractivity contribution is -0.119. The zero-order valence-corrected chi connectivity index (χ0v) is 10.9. The van der Waals surface area contributed by atoms with Gasteiger partial charge in [-0.2, -0.15) is 0 Å². The highest BCUT2D eigenvalue weighted by molar-refractivity contribution is 5.91. The fourth-order valence-corrected chi connectivity index (χ4v) is 1.53. The van der Waals surface area contributed by atoms with Crippen molar-refractivity contribution in [3.05, 3.63) is 23.9 Å². The van der Waals surface area contributed by atoms with E-state index in [9.17, 15) is 4.79 Å². The number of pyridine rings is 1. The third-order valence-corrected chi connectivity index (χ3v) is 2.49. The minimum Gasteiger partial charge on any atom is -0.320 e. The maximum Gasteiger partial charge on any atom is 0.228 e. The Morgan fingerprint density at radius 1 is 1.56 bits per heavy atom. The van der Waals surface area contributed by atoms with Gasteiger partial charge in [-0.05, 0) is 24.5 Å². The van der Waals surface area contributed by atoms with Crippen LogP contribution in [0.2, 0.25) is 0 Å². The normalized spacial score (nSPS) is 11.3. The lowest BCUT2D eigenvalue weighted by Gasteiger charge is -2.10. The molecule has 0 saturated heterocycles. The van der Waals surface area contributed by atoms with E-state index in [0.717, 1.165) is 12.8 Å². The standard InChI is InChI=1S/C14H19N3O/c1-3-6-11(2)14(18)17-13-9-4-7-12(16-13)8-5-10-15/h4,7,9,11H,3,6,10,15H2,1-2H3,(H,16,17,18). The maximum absolute atomic E-state index is 11.8. The second kappa shape index (κ2) is 7.46. The van der Waals surface area contributed by atoms with Crippen molar-refractivity contribution in [3.8, 4) is 11.8 Å². The molecule has 1 rings (SSSR count). The number of aromatic nitrogens is 1. The summed E-state index contributed by atoms with van der Waals surface area (Å²) < 4.78 is 0. The fraction of sp³-hybridized carbons (Fsp3) is 0.429. The Hall–Kier alpha value is -1.86. The molecule has 1 heterocycles. The van der Waals surface area contributed by atoms with Gasteiger partial charge >= 0.3 is 0 Å². The van der Waals surface area contributed by atoms with Crippen LogP contribution in [0.15, 0.2) is 18.2 Å². The average Bonchev–Trinajstić information content (AvgIpc) is 2.37. The van der Waals surface area contributed by atoms with Gasteiger partial charge in [0, 0.05) is 5.92 Å². The minimum atomic E-state index is -0.00622. The van der Waals surface area contributed by atoms with Crippen LogP contribution in [0.4, 0.5) is 5.82 Å². The van der Waals surface area contributed by atoms with Gasteiger partial charge < -0.3 is 11.1 Å². The number of nitrogens with zero attached hydrogens (tertiary/aromatic N) is 1. The van der Waals surface area contributed by atoms with Gasteiger partial charge in [0.1, 0.15) is 11.5 Å². The van der Waals surface area contributed by atoms with E-state index in [1.165, 1.54) is 0 Å². The van der Waals surface area contributed by atoms with Gasteiger partial charge in [0.25, 0.3) is 0 Å². The third kappa shape index (κ3) is 4.56. The van der Waals surface area contributed by atoms with Crippen LogP contribution < -0.4 is 11.1 Å². The van der Waals surface area contributed by atoms with E-state index < -0.39 is 0 Å². The van der Waals surface area contributed by atoms with E-state index in [0.29, 0.717) is 18.1 Å². The highest BCUT2D eigenvalue weighted by Gasteiger charge is 2.12. The number of carbonyl (C=O) groups is 1. The Kier molecular flexibility index (Phi) is 5.89. The molecule has 0 bridgehead atoms. The summed E-state index contributed by atoms with van der Waals surface area (Å²) in [5, 5.41) is 2.79. The van der Waals surface area contributed by atoms with E-state index in [1.807, 2.05) is 13.0 Å². The number of hydrogen-bond donors (Lipinski definition) is 2. The summed E-state index contributed by atoms with van der Waals surface area (Å²) in [4.78, 5) is 16.1. The highest BCUT2D eigenvalue weighted by atomic mass is 16.1. The van der Waals surface area contributed by atoms with Crippen molar-refractivity contribution in [1.29, 1.82) is 0 Å². The van der Waals surface area contributed by atoms with E-state index in [2.05, 4.69) is 29.1 Å². The number of anilines is 1. The van der Waals surface area contributed by atoms with Gasteiger partial charge in [0.05, 0.1) is 6.54 Å². The Bertz CT molecular complexity index is 460. The molecule has 0 aromatic carbocycles. The summed E-state index contributed by atoms with van der Waals surface area (Å²) >= 11 is 0. The molecule has 4 nitrogen and oxygen atoms in total. The molecule has 1 atom stereocenters. The van der Waals surface area contributed by atoms with E-state index >= 15 is 0 Å². The zero-order chi connectivity index (χ0) is 13.4. The van der Waals surface area contributed by atoms with Crippen LogP contribution in [0, 0.1) is 17.8 Å². The molecule has 1 aromatic rings. The van der Waals surface area contributed by atoms with Crippen molar-refractivity contribution >= 4 is 11.7 Å². The molecule has 1 unspecified atom stereocenters. The van der Waals surface area contributed by atoms with Crippen molar-refractivity contribution in [3.63, 3.8) is 0 Å². The third-order valence-electron chi connectivity index (χ3n) is 2.49. The van der Waals surface area contributed by atoms with E-state index in [4.69, 9.17) is 5.73 Å². The van der Waals surface area contributed by atoms with Crippen LogP contribution in [0.25, 0.3) is 0 Å². The van der Waals surface area contributed by atoms with Crippen LogP contribution in [-0.2, 0) is 4.79 Å². The first kappa shape index (κ1) is 14.2. The predicted octanol–water partition coefficient (Wildman–Crippen LogP) is 1.77. The number of rotatable bonds is 4. The van der Waals surface area contributed by atoms with Crippen molar-refractivity contribution < 1.29 is 4.79 Å². The fourth-order valence-electron chi connectivity index (χ4n) is 1.53. The molecule has 1 amide bonds. The van der Waals surface area contributed by atoms with Gasteiger partial charge in [0.2, 0.25) is 5.91 Å². The minimum absolute atomic E-state index is 0.00409. The lowest BCUT2D eigenvalue weighted by atomic mass is 10.1. The summed E-state index contributed by atoms with van der Waals surface area (Å²) in [5.41, 5.74) is 5.91. The van der Waals surface area contributed by atoms with Gasteiger partial charge in [-0.1, -0.05) is 32.3 Å². The van der Waals surface area contributed by atoms with Gasteiger partial charge in [0.15, 0.2) is 0 Å². The van der Waals surface area contributed by atoms with Crippen LogP contribution in [0.1, 0.15) is 32.4 Å². The van der Waals surface area contributed by atoms with Crippen molar-refractivity contribution in [2.45, 2.75) is 26.7 Å². The lowest BCUT2D eigenvalue weighted by Crippen LogP contribution is -2.20. The Morgan fingerprint density at radius 2 is 2.33 bits per heavy atom. The summed E-state index contributed by atoms with van der Waals surface area (Å²) in [7, 11) is 0. The van der Waals surface area contributed by atoms with Gasteiger partial charge in [-0.3, -0.25) is 4.79 Å². The quantitative estimate of drug-likeness (QED) is 0.794. The zero-order valence-electron chi connectivity index (χ0n) is 10.9. The summed E-state index contributed by atoms with van der Waals surface area (Å²) in [6.45, 7) is 4.27. The number of amides is 1. The number of nitrogens with one attached hydrogen (secondary N) is 1. The summed E-state index contributed by atoms with van der Waals surface area (Å²) in [5.74, 6) is 6.09. The number of carbonyl (C=O) groups excluding carboxylic acids is 1. The molecule has 0 radical (unpaired) electrons. The van der Waals surface area contributed by atoms with Gasteiger partial charge in [-0.15, -0.1) is 0 Å². The molecule has 0 spiro atoms. The Morgan fingerprint density at radius 3 is 3.00 bits per heavy atom. The molecule has 3 N–H and O–H groups in total.